The van der Waals surface area contributed by atoms with Crippen LogP contribution in [0.2, 0.25) is 0 Å². The molecule has 10 heteroatoms. The van der Waals surface area contributed by atoms with Crippen molar-refractivity contribution in [3.8, 4) is 0 Å². The summed E-state index contributed by atoms with van der Waals surface area (Å²) in [6.45, 7) is 5.14. The van der Waals surface area contributed by atoms with Crippen LogP contribution in [0.15, 0.2) is 12.1 Å². The highest BCUT2D eigenvalue weighted by atomic mass is 19.4. The van der Waals surface area contributed by atoms with E-state index < -0.39 is 53.1 Å². The van der Waals surface area contributed by atoms with Crippen molar-refractivity contribution in [3.05, 3.63) is 34.9 Å². The molecule has 3 aliphatic rings. The molecule has 176 valence electrons. The first kappa shape index (κ1) is 22.8. The molecule has 2 aliphatic carbocycles. The summed E-state index contributed by atoms with van der Waals surface area (Å²) in [5.74, 6) is -3.39. The van der Waals surface area contributed by atoms with Gasteiger partial charge in [0.2, 0.25) is 5.91 Å². The zero-order chi connectivity index (χ0) is 23.6. The number of carbonyl (C=O) groups is 2. The van der Waals surface area contributed by atoms with Crippen LogP contribution in [-0.2, 0) is 15.7 Å². The predicted molar refractivity (Wildman–Crippen MR) is 103 cm³/mol. The van der Waals surface area contributed by atoms with Gasteiger partial charge in [-0.25, -0.2) is 13.6 Å². The van der Waals surface area contributed by atoms with E-state index in [1.807, 2.05) is 0 Å². The summed E-state index contributed by atoms with van der Waals surface area (Å²) in [4.78, 5) is 27.1. The van der Waals surface area contributed by atoms with E-state index in [1.165, 1.54) is 4.90 Å². The van der Waals surface area contributed by atoms with E-state index in [4.69, 9.17) is 4.74 Å². The largest absolute Gasteiger partial charge is 0.444 e. The maximum atomic E-state index is 14.6. The van der Waals surface area contributed by atoms with E-state index >= 15 is 0 Å². The van der Waals surface area contributed by atoms with E-state index in [0.717, 1.165) is 6.42 Å². The van der Waals surface area contributed by atoms with Gasteiger partial charge in [-0.15, -0.1) is 0 Å². The summed E-state index contributed by atoms with van der Waals surface area (Å²) in [6, 6.07) is -1.25. The molecule has 3 fully saturated rings. The van der Waals surface area contributed by atoms with Gasteiger partial charge in [-0.2, -0.15) is 13.2 Å². The lowest BCUT2D eigenvalue weighted by Gasteiger charge is -2.31. The topological polar surface area (TPSA) is 58.6 Å². The Kier molecular flexibility index (Phi) is 5.40. The number of ether oxygens (including phenoxy) is 1. The highest BCUT2D eigenvalue weighted by Crippen LogP contribution is 2.49. The molecule has 0 radical (unpaired) electrons. The molecule has 1 saturated heterocycles. The Labute approximate surface area is 182 Å². The van der Waals surface area contributed by atoms with Gasteiger partial charge in [-0.1, -0.05) is 0 Å². The first-order valence-corrected chi connectivity index (χ1v) is 10.6. The number of hydrogen-bond acceptors (Lipinski definition) is 3. The summed E-state index contributed by atoms with van der Waals surface area (Å²) in [5.41, 5.74) is -2.76. The molecule has 0 bridgehead atoms. The van der Waals surface area contributed by atoms with Crippen molar-refractivity contribution < 1.29 is 36.3 Å². The summed E-state index contributed by atoms with van der Waals surface area (Å²) in [5, 5.41) is 2.68. The number of rotatable bonds is 4. The van der Waals surface area contributed by atoms with Crippen molar-refractivity contribution in [2.75, 3.05) is 0 Å². The quantitative estimate of drug-likeness (QED) is 0.647. The number of carbonyl (C=O) groups excluding carboxylic acids is 2. The fourth-order valence-corrected chi connectivity index (χ4v) is 4.41. The Morgan fingerprint density at radius 1 is 1.09 bits per heavy atom. The third-order valence-corrected chi connectivity index (χ3v) is 6.13. The average Bonchev–Trinajstić information content (AvgIpc) is 3.57. The molecule has 1 aromatic rings. The van der Waals surface area contributed by atoms with Crippen molar-refractivity contribution in [1.29, 1.82) is 0 Å². The van der Waals surface area contributed by atoms with Gasteiger partial charge in [0.15, 0.2) is 0 Å². The molecular weight excluding hydrogens is 435 g/mol. The van der Waals surface area contributed by atoms with Crippen molar-refractivity contribution in [3.63, 3.8) is 0 Å². The van der Waals surface area contributed by atoms with Crippen molar-refractivity contribution in [1.82, 2.24) is 10.2 Å². The standard InChI is InChI=1S/C22H25F5N2O3/c1-21(2,3)32-20(31)29-16-6-11(16)7-17(29)19(30)28-18(10-4-5-10)12-8-15(24)13(9-14(12)23)22(25,26)27/h8-11,16-18H,4-7H2,1-3H3,(H,28,30)/t11-,16-,17-,18?/m1/s1. The molecule has 1 unspecified atom stereocenters. The maximum absolute atomic E-state index is 14.6. The van der Waals surface area contributed by atoms with E-state index in [-0.39, 0.29) is 29.5 Å². The van der Waals surface area contributed by atoms with E-state index in [9.17, 15) is 31.5 Å². The molecule has 32 heavy (non-hydrogen) atoms. The van der Waals surface area contributed by atoms with Crippen LogP contribution in [0, 0.1) is 23.5 Å². The third kappa shape index (κ3) is 4.54. The van der Waals surface area contributed by atoms with Crippen molar-refractivity contribution in [2.45, 2.75) is 76.4 Å². The average molecular weight is 460 g/mol. The Morgan fingerprint density at radius 3 is 2.31 bits per heavy atom. The zero-order valence-corrected chi connectivity index (χ0v) is 17.9. The van der Waals surface area contributed by atoms with Gasteiger partial charge in [0.25, 0.3) is 0 Å². The van der Waals surface area contributed by atoms with Crippen LogP contribution >= 0.6 is 0 Å². The minimum Gasteiger partial charge on any atom is -0.444 e. The third-order valence-electron chi connectivity index (χ3n) is 6.13. The minimum absolute atomic E-state index is 0.0970. The number of amides is 2. The summed E-state index contributed by atoms with van der Waals surface area (Å²) in [7, 11) is 0. The van der Waals surface area contributed by atoms with Crippen LogP contribution in [0.1, 0.15) is 63.6 Å². The Hall–Kier alpha value is -2.39. The van der Waals surface area contributed by atoms with Gasteiger partial charge in [0.05, 0.1) is 11.6 Å². The summed E-state index contributed by atoms with van der Waals surface area (Å²) in [6.07, 6.45) is -3.19. The van der Waals surface area contributed by atoms with Crippen molar-refractivity contribution >= 4 is 12.0 Å². The molecular formula is C22H25F5N2O3. The number of halogens is 5. The maximum Gasteiger partial charge on any atom is 0.419 e. The summed E-state index contributed by atoms with van der Waals surface area (Å²) < 4.78 is 72.8. The number of benzene rings is 1. The number of hydrogen-bond donors (Lipinski definition) is 1. The minimum atomic E-state index is -5.03. The number of nitrogens with one attached hydrogen (secondary N) is 1. The molecule has 0 aromatic heterocycles. The van der Waals surface area contributed by atoms with Gasteiger partial charge in [0, 0.05) is 11.6 Å². The van der Waals surface area contributed by atoms with E-state index in [0.29, 0.717) is 25.3 Å². The number of fused-ring (bicyclic) bond motifs is 1. The molecule has 2 amide bonds. The van der Waals surface area contributed by atoms with Crippen LogP contribution in [0.5, 0.6) is 0 Å². The van der Waals surface area contributed by atoms with Gasteiger partial charge in [0.1, 0.15) is 23.3 Å². The highest BCUT2D eigenvalue weighted by Gasteiger charge is 2.57. The first-order valence-electron chi connectivity index (χ1n) is 10.6. The number of piperidine rings is 1. The van der Waals surface area contributed by atoms with Crippen LogP contribution < -0.4 is 5.32 Å². The second-order valence-electron chi connectivity index (χ2n) is 9.88. The molecule has 4 rings (SSSR count). The smallest absolute Gasteiger partial charge is 0.419 e. The second-order valence-corrected chi connectivity index (χ2v) is 9.88. The summed E-state index contributed by atoms with van der Waals surface area (Å²) >= 11 is 0. The number of alkyl halides is 3. The van der Waals surface area contributed by atoms with Gasteiger partial charge < -0.3 is 10.1 Å². The highest BCUT2D eigenvalue weighted by molar-refractivity contribution is 5.87. The normalized spacial score (nSPS) is 25.9. The molecule has 2 saturated carbocycles. The van der Waals surface area contributed by atoms with Crippen LogP contribution in [0.3, 0.4) is 0 Å². The molecule has 5 nitrogen and oxygen atoms in total. The molecule has 1 aromatic carbocycles. The van der Waals surface area contributed by atoms with Crippen LogP contribution in [0.25, 0.3) is 0 Å². The molecule has 0 spiro atoms. The molecule has 4 atom stereocenters. The van der Waals surface area contributed by atoms with Gasteiger partial charge in [-0.05, 0) is 70.4 Å². The molecule has 1 heterocycles. The van der Waals surface area contributed by atoms with Crippen LogP contribution in [0.4, 0.5) is 26.7 Å². The number of likely N-dealkylation sites (tertiary alicyclic amines) is 1. The lowest BCUT2D eigenvalue weighted by molar-refractivity contribution is -0.140. The fourth-order valence-electron chi connectivity index (χ4n) is 4.41. The second kappa shape index (κ2) is 7.59. The first-order chi connectivity index (χ1) is 14.8. The lowest BCUT2D eigenvalue weighted by Crippen LogP contribution is -2.50. The van der Waals surface area contributed by atoms with E-state index in [2.05, 4.69) is 5.32 Å². The SMILES string of the molecule is CC(C)(C)OC(=O)N1[C@@H](C(=O)NC(c2cc(F)c(C(F)(F)F)cc2F)C2CC2)C[C@H]2C[C@H]21. The number of nitrogens with zero attached hydrogens (tertiary/aromatic N) is 1. The Morgan fingerprint density at radius 2 is 1.75 bits per heavy atom. The molecule has 1 aliphatic heterocycles. The van der Waals surface area contributed by atoms with Gasteiger partial charge >= 0.3 is 12.3 Å². The Bertz CT molecular complexity index is 939. The monoisotopic (exact) mass is 460 g/mol. The Balaban J connectivity index is 1.55. The van der Waals surface area contributed by atoms with Gasteiger partial charge in [-0.3, -0.25) is 9.69 Å². The zero-order valence-electron chi connectivity index (χ0n) is 17.9. The molecule has 1 N–H and O–H groups in total. The van der Waals surface area contributed by atoms with Crippen molar-refractivity contribution in [2.24, 2.45) is 11.8 Å². The predicted octanol–water partition coefficient (Wildman–Crippen LogP) is 4.95. The van der Waals surface area contributed by atoms with E-state index in [1.54, 1.807) is 20.8 Å². The van der Waals surface area contributed by atoms with Crippen LogP contribution in [-0.4, -0.2) is 34.6 Å². The lowest BCUT2D eigenvalue weighted by atomic mass is 9.98. The fraction of sp³-hybridized carbons (Fsp3) is 0.636.